The molecular weight excluding hydrogens is 521 g/mol. The fraction of sp³-hybridized carbons (Fsp3) is 0.190. The van der Waals surface area contributed by atoms with Crippen LogP contribution in [0.25, 0.3) is 0 Å². The summed E-state index contributed by atoms with van der Waals surface area (Å²) in [6.45, 7) is 2.31. The Labute approximate surface area is 194 Å². The summed E-state index contributed by atoms with van der Waals surface area (Å²) in [6, 6.07) is 12.5. The lowest BCUT2D eigenvalue weighted by molar-refractivity contribution is -0.384. The van der Waals surface area contributed by atoms with Crippen LogP contribution in [-0.2, 0) is 13.1 Å². The largest absolute Gasteiger partial charge is 0.467 e. The van der Waals surface area contributed by atoms with Crippen molar-refractivity contribution >= 4 is 35.6 Å². The van der Waals surface area contributed by atoms with Crippen LogP contribution in [0.3, 0.4) is 0 Å². The van der Waals surface area contributed by atoms with Crippen LogP contribution in [0.1, 0.15) is 29.9 Å². The molecule has 2 N–H and O–H groups in total. The number of rotatable bonds is 7. The molecule has 10 heteroatoms. The van der Waals surface area contributed by atoms with E-state index in [2.05, 4.69) is 15.6 Å². The minimum atomic E-state index is -0.657. The number of hydrogen-bond donors (Lipinski definition) is 2. The molecule has 2 aromatic carbocycles. The minimum Gasteiger partial charge on any atom is -0.467 e. The lowest BCUT2D eigenvalue weighted by atomic mass is 10.1. The van der Waals surface area contributed by atoms with Gasteiger partial charge in [0.2, 0.25) is 0 Å². The van der Waals surface area contributed by atoms with Gasteiger partial charge in [-0.1, -0.05) is 18.2 Å². The van der Waals surface area contributed by atoms with Crippen LogP contribution < -0.4 is 10.6 Å². The van der Waals surface area contributed by atoms with E-state index in [4.69, 9.17) is 4.42 Å². The highest BCUT2D eigenvalue weighted by Crippen LogP contribution is 2.18. The first-order chi connectivity index (χ1) is 14.4. The summed E-state index contributed by atoms with van der Waals surface area (Å²) in [4.78, 5) is 14.8. The Kier molecular flexibility index (Phi) is 8.91. The van der Waals surface area contributed by atoms with Crippen LogP contribution in [0.15, 0.2) is 70.3 Å². The van der Waals surface area contributed by atoms with Crippen molar-refractivity contribution in [2.45, 2.75) is 26.1 Å². The van der Waals surface area contributed by atoms with Crippen LogP contribution >= 0.6 is 24.0 Å². The predicted octanol–water partition coefficient (Wildman–Crippen LogP) is 5.08. The molecule has 0 fully saturated rings. The molecule has 0 aliphatic carbocycles. The van der Waals surface area contributed by atoms with E-state index in [0.29, 0.717) is 23.8 Å². The molecule has 3 rings (SSSR count). The van der Waals surface area contributed by atoms with Gasteiger partial charge in [-0.3, -0.25) is 10.1 Å². The number of hydrogen-bond acceptors (Lipinski definition) is 4. The van der Waals surface area contributed by atoms with Gasteiger partial charge in [-0.15, -0.1) is 24.0 Å². The lowest BCUT2D eigenvalue weighted by Gasteiger charge is -2.19. The van der Waals surface area contributed by atoms with E-state index >= 15 is 0 Å². The second-order valence-electron chi connectivity index (χ2n) is 6.55. The number of aliphatic imine (C=N–C) groups is 1. The molecule has 0 radical (unpaired) electrons. The first-order valence-electron chi connectivity index (χ1n) is 9.18. The molecule has 0 aliphatic rings. The van der Waals surface area contributed by atoms with Gasteiger partial charge < -0.3 is 15.1 Å². The Balaban J connectivity index is 0.00000341. The molecule has 3 aromatic rings. The molecule has 1 atom stereocenters. The van der Waals surface area contributed by atoms with Crippen molar-refractivity contribution in [1.82, 2.24) is 10.6 Å². The van der Waals surface area contributed by atoms with Crippen molar-refractivity contribution in [3.05, 3.63) is 99.5 Å². The third kappa shape index (κ3) is 7.02. The summed E-state index contributed by atoms with van der Waals surface area (Å²) in [7, 11) is 0. The molecule has 0 saturated carbocycles. The maximum atomic E-state index is 14.1. The van der Waals surface area contributed by atoms with Crippen molar-refractivity contribution in [2.75, 3.05) is 0 Å². The number of nitro benzene ring substituents is 1. The Morgan fingerprint density at radius 3 is 2.55 bits per heavy atom. The van der Waals surface area contributed by atoms with Gasteiger partial charge in [0, 0.05) is 23.8 Å². The number of nitro groups is 1. The average Bonchev–Trinajstić information content (AvgIpc) is 3.23. The Bertz CT molecular complexity index is 1030. The molecule has 31 heavy (non-hydrogen) atoms. The van der Waals surface area contributed by atoms with Crippen LogP contribution in [0.2, 0.25) is 0 Å². The summed E-state index contributed by atoms with van der Waals surface area (Å²) < 4.78 is 32.6. The normalized spacial score (nSPS) is 12.0. The number of benzene rings is 2. The van der Waals surface area contributed by atoms with E-state index < -0.39 is 22.6 Å². The zero-order valence-corrected chi connectivity index (χ0v) is 18.9. The summed E-state index contributed by atoms with van der Waals surface area (Å²) in [5.74, 6) is -0.247. The van der Waals surface area contributed by atoms with Crippen LogP contribution in [-0.4, -0.2) is 10.9 Å². The third-order valence-corrected chi connectivity index (χ3v) is 4.36. The number of non-ortho nitro benzene ring substituents is 1. The number of guanidine groups is 1. The van der Waals surface area contributed by atoms with Gasteiger partial charge in [0.25, 0.3) is 5.69 Å². The van der Waals surface area contributed by atoms with Crippen molar-refractivity contribution in [1.29, 1.82) is 0 Å². The van der Waals surface area contributed by atoms with Crippen molar-refractivity contribution in [2.24, 2.45) is 4.99 Å². The van der Waals surface area contributed by atoms with Crippen LogP contribution in [0.4, 0.5) is 14.5 Å². The highest BCUT2D eigenvalue weighted by atomic mass is 127. The van der Waals surface area contributed by atoms with Gasteiger partial charge in [0.05, 0.1) is 30.3 Å². The maximum absolute atomic E-state index is 14.1. The monoisotopic (exact) mass is 542 g/mol. The summed E-state index contributed by atoms with van der Waals surface area (Å²) in [5.41, 5.74) is 1.05. The molecule has 1 aromatic heterocycles. The Morgan fingerprint density at radius 1 is 1.19 bits per heavy atom. The molecule has 0 aliphatic heterocycles. The van der Waals surface area contributed by atoms with Crippen molar-refractivity contribution in [3.63, 3.8) is 0 Å². The number of halogens is 3. The van der Waals surface area contributed by atoms with Gasteiger partial charge in [0.1, 0.15) is 17.4 Å². The third-order valence-electron chi connectivity index (χ3n) is 4.36. The van der Waals surface area contributed by atoms with Gasteiger partial charge >= 0.3 is 0 Å². The first-order valence-corrected chi connectivity index (χ1v) is 9.18. The van der Waals surface area contributed by atoms with E-state index in [1.54, 1.807) is 37.5 Å². The minimum absolute atomic E-state index is 0. The number of furan rings is 1. The Hall–Kier alpha value is -3.02. The second kappa shape index (κ2) is 11.4. The summed E-state index contributed by atoms with van der Waals surface area (Å²) in [5, 5.41) is 17.0. The van der Waals surface area contributed by atoms with Crippen molar-refractivity contribution < 1.29 is 18.1 Å². The number of nitrogens with zero attached hydrogens (tertiary/aromatic N) is 2. The molecule has 0 bridgehead atoms. The SMILES string of the molecule is CC(NC(=NCc1ccc([N+](=O)[O-])cc1)NCc1ccco1)c1ccc(F)cc1F.I. The van der Waals surface area contributed by atoms with Crippen molar-refractivity contribution in [3.8, 4) is 0 Å². The molecule has 1 unspecified atom stereocenters. The highest BCUT2D eigenvalue weighted by molar-refractivity contribution is 14.0. The fourth-order valence-electron chi connectivity index (χ4n) is 2.77. The lowest BCUT2D eigenvalue weighted by Crippen LogP contribution is -2.38. The summed E-state index contributed by atoms with van der Waals surface area (Å²) in [6.07, 6.45) is 1.55. The number of nitrogens with one attached hydrogen (secondary N) is 2. The zero-order chi connectivity index (χ0) is 21.5. The Morgan fingerprint density at radius 2 is 1.94 bits per heavy atom. The molecule has 1 heterocycles. The highest BCUT2D eigenvalue weighted by Gasteiger charge is 2.14. The predicted molar refractivity (Wildman–Crippen MR) is 123 cm³/mol. The average molecular weight is 542 g/mol. The quantitative estimate of drug-likeness (QED) is 0.143. The molecular formula is C21H21F2IN4O3. The first kappa shape index (κ1) is 24.3. The summed E-state index contributed by atoms with van der Waals surface area (Å²) >= 11 is 0. The van der Waals surface area contributed by atoms with E-state index in [-0.39, 0.29) is 36.2 Å². The smallest absolute Gasteiger partial charge is 0.269 e. The van der Waals surface area contributed by atoms with E-state index in [1.165, 1.54) is 24.3 Å². The fourth-order valence-corrected chi connectivity index (χ4v) is 2.77. The second-order valence-corrected chi connectivity index (χ2v) is 6.55. The molecule has 0 amide bonds. The zero-order valence-electron chi connectivity index (χ0n) is 16.5. The van der Waals surface area contributed by atoms with Crippen LogP contribution in [0, 0.1) is 21.7 Å². The van der Waals surface area contributed by atoms with Gasteiger partial charge in [-0.05, 0) is 30.7 Å². The molecule has 7 nitrogen and oxygen atoms in total. The van der Waals surface area contributed by atoms with Gasteiger partial charge in [-0.25, -0.2) is 13.8 Å². The van der Waals surface area contributed by atoms with Gasteiger partial charge in [0.15, 0.2) is 5.96 Å². The standard InChI is InChI=1S/C21H20F2N4O3.HI/c1-14(19-9-6-16(22)11-20(19)23)26-21(25-13-18-3-2-10-30-18)24-12-15-4-7-17(8-5-15)27(28)29;/h2-11,14H,12-13H2,1H3,(H2,24,25,26);1H. The molecule has 164 valence electrons. The van der Waals surface area contributed by atoms with E-state index in [0.717, 1.165) is 11.6 Å². The van der Waals surface area contributed by atoms with Gasteiger partial charge in [-0.2, -0.15) is 0 Å². The maximum Gasteiger partial charge on any atom is 0.269 e. The van der Waals surface area contributed by atoms with E-state index in [1.807, 2.05) is 0 Å². The van der Waals surface area contributed by atoms with Crippen LogP contribution in [0.5, 0.6) is 0 Å². The topological polar surface area (TPSA) is 92.7 Å². The molecule has 0 saturated heterocycles. The van der Waals surface area contributed by atoms with E-state index in [9.17, 15) is 18.9 Å². The molecule has 0 spiro atoms.